The van der Waals surface area contributed by atoms with Crippen molar-refractivity contribution in [2.75, 3.05) is 0 Å². The van der Waals surface area contributed by atoms with Crippen LogP contribution in [-0.4, -0.2) is 55.0 Å². The summed E-state index contributed by atoms with van der Waals surface area (Å²) in [4.78, 5) is 0. The highest BCUT2D eigenvalue weighted by Gasteiger charge is 2.72. The fourth-order valence-electron chi connectivity index (χ4n) is 7.79. The van der Waals surface area contributed by atoms with Crippen LogP contribution in [0.25, 0.3) is 0 Å². The topological polar surface area (TPSA) is 101 Å². The second-order valence-electron chi connectivity index (χ2n) is 10.5. The summed E-state index contributed by atoms with van der Waals surface area (Å²) in [6.07, 6.45) is 0.606. The van der Waals surface area contributed by atoms with Gasteiger partial charge in [-0.2, -0.15) is 0 Å². The minimum atomic E-state index is -1.37. The summed E-state index contributed by atoms with van der Waals surface area (Å²) in [6, 6.07) is 0. The Morgan fingerprint density at radius 2 is 1.44 bits per heavy atom. The Balaban J connectivity index is 1.83. The number of aliphatic hydroxyl groups is 5. The third-order valence-corrected chi connectivity index (χ3v) is 9.24. The zero-order valence-electron chi connectivity index (χ0n) is 15.8. The Bertz CT molecular complexity index is 574. The molecule has 4 fully saturated rings. The molecule has 144 valence electrons. The maximum atomic E-state index is 11.7. The van der Waals surface area contributed by atoms with Crippen molar-refractivity contribution in [3.05, 3.63) is 0 Å². The Kier molecular flexibility index (Phi) is 3.63. The van der Waals surface area contributed by atoms with Crippen LogP contribution in [0.3, 0.4) is 0 Å². The minimum absolute atomic E-state index is 0.0723. The summed E-state index contributed by atoms with van der Waals surface area (Å²) in [7, 11) is 0. The molecule has 0 aromatic heterocycles. The number of hydrogen-bond donors (Lipinski definition) is 5. The standard InChI is InChI=1S/C20H34O5/c1-10-11-5-6-12-16(23)19(11,9-18(12,4)24)8-15(22)20(25)13(10)7-14(21)17(20,2)3/h10-16,21-25H,5-9H2,1-4H3/t10-,11+,12?,13+,14+,15-,16+,18-,19?,20+/m1/s1. The van der Waals surface area contributed by atoms with Gasteiger partial charge in [-0.3, -0.25) is 0 Å². The highest BCUT2D eigenvalue weighted by molar-refractivity contribution is 5.22. The highest BCUT2D eigenvalue weighted by atomic mass is 16.4. The monoisotopic (exact) mass is 354 g/mol. The number of hydrogen-bond acceptors (Lipinski definition) is 5. The highest BCUT2D eigenvalue weighted by Crippen LogP contribution is 2.68. The normalized spacial score (nSPS) is 63.0. The molecule has 0 aliphatic heterocycles. The van der Waals surface area contributed by atoms with E-state index in [0.717, 1.165) is 12.8 Å². The van der Waals surface area contributed by atoms with Crippen molar-refractivity contribution >= 4 is 0 Å². The SMILES string of the molecule is C[C@@H]1[C@@H]2CCC3[C@H](O)C2(C[C@@H](O)[C@@]2(O)[C@H]1C[C@H](O)C2(C)C)C[C@@]3(C)O. The molecule has 4 rings (SSSR count). The van der Waals surface area contributed by atoms with E-state index < -0.39 is 40.3 Å². The van der Waals surface area contributed by atoms with Gasteiger partial charge in [0.1, 0.15) is 5.60 Å². The van der Waals surface area contributed by atoms with Crippen LogP contribution in [0.5, 0.6) is 0 Å². The summed E-state index contributed by atoms with van der Waals surface area (Å²) in [5.41, 5.74) is -3.65. The van der Waals surface area contributed by atoms with E-state index in [9.17, 15) is 25.5 Å². The van der Waals surface area contributed by atoms with Crippen molar-refractivity contribution < 1.29 is 25.5 Å². The average molecular weight is 354 g/mol. The van der Waals surface area contributed by atoms with Gasteiger partial charge in [0.05, 0.1) is 23.9 Å². The van der Waals surface area contributed by atoms with Crippen molar-refractivity contribution in [1.82, 2.24) is 0 Å². The molecule has 5 heteroatoms. The smallest absolute Gasteiger partial charge is 0.101 e. The molecule has 4 aliphatic carbocycles. The van der Waals surface area contributed by atoms with Gasteiger partial charge in [-0.05, 0) is 56.8 Å². The molecule has 0 heterocycles. The lowest BCUT2D eigenvalue weighted by Gasteiger charge is -2.47. The first-order valence-corrected chi connectivity index (χ1v) is 9.88. The molecule has 5 nitrogen and oxygen atoms in total. The van der Waals surface area contributed by atoms with E-state index in [0.29, 0.717) is 19.3 Å². The van der Waals surface area contributed by atoms with E-state index in [1.165, 1.54) is 0 Å². The molecule has 4 aliphatic rings. The molecule has 1 spiro atoms. The van der Waals surface area contributed by atoms with Crippen LogP contribution in [0.15, 0.2) is 0 Å². The van der Waals surface area contributed by atoms with Crippen LogP contribution in [0.4, 0.5) is 0 Å². The molecule has 2 unspecified atom stereocenters. The van der Waals surface area contributed by atoms with Gasteiger partial charge in [0.15, 0.2) is 0 Å². The molecular formula is C20H34O5. The number of aliphatic hydroxyl groups excluding tert-OH is 3. The van der Waals surface area contributed by atoms with E-state index in [-0.39, 0.29) is 23.7 Å². The van der Waals surface area contributed by atoms with E-state index in [1.54, 1.807) is 0 Å². The molecule has 0 saturated heterocycles. The number of rotatable bonds is 0. The third kappa shape index (κ3) is 1.92. The average Bonchev–Trinajstić information content (AvgIpc) is 2.71. The molecule has 0 radical (unpaired) electrons. The van der Waals surface area contributed by atoms with Crippen LogP contribution in [0.2, 0.25) is 0 Å². The van der Waals surface area contributed by atoms with Crippen LogP contribution in [0, 0.1) is 34.5 Å². The van der Waals surface area contributed by atoms with Crippen LogP contribution in [-0.2, 0) is 0 Å². The summed E-state index contributed by atoms with van der Waals surface area (Å²) >= 11 is 0. The van der Waals surface area contributed by atoms with Gasteiger partial charge >= 0.3 is 0 Å². The van der Waals surface area contributed by atoms with Crippen LogP contribution >= 0.6 is 0 Å². The van der Waals surface area contributed by atoms with Crippen molar-refractivity contribution in [1.29, 1.82) is 0 Å². The van der Waals surface area contributed by atoms with Gasteiger partial charge in [0, 0.05) is 16.7 Å². The molecule has 2 bridgehead atoms. The fourth-order valence-corrected chi connectivity index (χ4v) is 7.79. The summed E-state index contributed by atoms with van der Waals surface area (Å²) in [5.74, 6) is -0.147. The first-order valence-electron chi connectivity index (χ1n) is 9.88. The summed E-state index contributed by atoms with van der Waals surface area (Å²) in [5, 5.41) is 55.4. The lowest BCUT2D eigenvalue weighted by Crippen LogP contribution is -2.57. The number of fused-ring (bicyclic) bond motifs is 2. The Hall–Kier alpha value is -0.200. The van der Waals surface area contributed by atoms with Crippen LogP contribution in [0.1, 0.15) is 59.8 Å². The van der Waals surface area contributed by atoms with E-state index in [1.807, 2.05) is 20.8 Å². The fraction of sp³-hybridized carbons (Fsp3) is 1.00. The second kappa shape index (κ2) is 4.99. The van der Waals surface area contributed by atoms with E-state index >= 15 is 0 Å². The predicted octanol–water partition coefficient (Wildman–Crippen LogP) is 1.05. The van der Waals surface area contributed by atoms with Gasteiger partial charge in [-0.25, -0.2) is 0 Å². The quantitative estimate of drug-likeness (QED) is 0.448. The maximum Gasteiger partial charge on any atom is 0.101 e. The first kappa shape index (κ1) is 18.2. The van der Waals surface area contributed by atoms with Crippen LogP contribution < -0.4 is 0 Å². The lowest BCUT2D eigenvalue weighted by atomic mass is 9.59. The second-order valence-corrected chi connectivity index (χ2v) is 10.5. The molecule has 4 saturated carbocycles. The third-order valence-electron chi connectivity index (χ3n) is 9.24. The Labute approximate surface area is 150 Å². The lowest BCUT2D eigenvalue weighted by molar-refractivity contribution is -0.178. The summed E-state index contributed by atoms with van der Waals surface area (Å²) < 4.78 is 0. The molecular weight excluding hydrogens is 320 g/mol. The maximum absolute atomic E-state index is 11.7. The summed E-state index contributed by atoms with van der Waals surface area (Å²) in [6.45, 7) is 7.59. The van der Waals surface area contributed by atoms with Crippen molar-refractivity contribution in [3.8, 4) is 0 Å². The molecule has 0 aromatic rings. The van der Waals surface area contributed by atoms with Gasteiger partial charge in [-0.1, -0.05) is 20.8 Å². The zero-order chi connectivity index (χ0) is 18.6. The minimum Gasteiger partial charge on any atom is -0.392 e. The molecule has 25 heavy (non-hydrogen) atoms. The zero-order valence-corrected chi connectivity index (χ0v) is 15.8. The molecule has 10 atom stereocenters. The molecule has 0 amide bonds. The molecule has 0 aromatic carbocycles. The van der Waals surface area contributed by atoms with Gasteiger partial charge in [0.2, 0.25) is 0 Å². The van der Waals surface area contributed by atoms with Crippen molar-refractivity contribution in [2.24, 2.45) is 34.5 Å². The van der Waals surface area contributed by atoms with Crippen molar-refractivity contribution in [3.63, 3.8) is 0 Å². The van der Waals surface area contributed by atoms with Gasteiger partial charge in [-0.15, -0.1) is 0 Å². The Morgan fingerprint density at radius 3 is 2.08 bits per heavy atom. The first-order chi connectivity index (χ1) is 11.4. The van der Waals surface area contributed by atoms with Crippen molar-refractivity contribution in [2.45, 2.75) is 89.3 Å². The predicted molar refractivity (Wildman–Crippen MR) is 92.5 cm³/mol. The van der Waals surface area contributed by atoms with E-state index in [2.05, 4.69) is 6.92 Å². The largest absolute Gasteiger partial charge is 0.392 e. The van der Waals surface area contributed by atoms with Gasteiger partial charge in [0.25, 0.3) is 0 Å². The van der Waals surface area contributed by atoms with Gasteiger partial charge < -0.3 is 25.5 Å². The molecule has 5 N–H and O–H groups in total. The van der Waals surface area contributed by atoms with E-state index in [4.69, 9.17) is 0 Å². The Morgan fingerprint density at radius 1 is 0.840 bits per heavy atom.